The number of amides is 1. The standard InChI is InChI=1S/C26H26N6O6S/c1-3-13-29-39(36,37)23-15-21(32(34)35)11-12-22(23)38-26-18(2)24(30-31(26)20-9-5-4-6-10-20)25(33)28-17-19-8-7-14-27-16-19/h4-12,14-16,29H,3,13,17H2,1-2H3,(H,28,33). The van der Waals surface area contributed by atoms with Crippen LogP contribution in [0.1, 0.15) is 35.0 Å². The van der Waals surface area contributed by atoms with E-state index in [1.807, 2.05) is 12.1 Å². The number of rotatable bonds is 11. The van der Waals surface area contributed by atoms with Gasteiger partial charge in [0.1, 0.15) is 10.6 Å². The minimum Gasteiger partial charge on any atom is -0.437 e. The van der Waals surface area contributed by atoms with E-state index in [1.165, 1.54) is 10.7 Å². The number of nitro benzene ring substituents is 1. The highest BCUT2D eigenvalue weighted by Gasteiger charge is 2.27. The second-order valence-corrected chi connectivity index (χ2v) is 10.2. The number of nitro groups is 1. The van der Waals surface area contributed by atoms with Crippen molar-refractivity contribution in [1.82, 2.24) is 24.8 Å². The lowest BCUT2D eigenvalue weighted by Crippen LogP contribution is -2.25. The lowest BCUT2D eigenvalue weighted by atomic mass is 10.2. The highest BCUT2D eigenvalue weighted by atomic mass is 32.2. The van der Waals surface area contributed by atoms with Gasteiger partial charge in [-0.3, -0.25) is 19.9 Å². The molecule has 0 aliphatic carbocycles. The molecule has 4 rings (SSSR count). The van der Waals surface area contributed by atoms with Crippen LogP contribution in [0.25, 0.3) is 5.69 Å². The quantitative estimate of drug-likeness (QED) is 0.210. The lowest BCUT2D eigenvalue weighted by molar-refractivity contribution is -0.385. The topological polar surface area (TPSA) is 158 Å². The summed E-state index contributed by atoms with van der Waals surface area (Å²) in [7, 11) is -4.16. The van der Waals surface area contributed by atoms with Crippen molar-refractivity contribution in [1.29, 1.82) is 0 Å². The van der Waals surface area contributed by atoms with Crippen molar-refractivity contribution >= 4 is 21.6 Å². The van der Waals surface area contributed by atoms with E-state index in [-0.39, 0.29) is 30.4 Å². The Balaban J connectivity index is 1.77. The number of aromatic nitrogens is 3. The number of hydrogen-bond acceptors (Lipinski definition) is 8. The predicted molar refractivity (Wildman–Crippen MR) is 142 cm³/mol. The fraction of sp³-hybridized carbons (Fsp3) is 0.192. The molecule has 39 heavy (non-hydrogen) atoms. The zero-order valence-electron chi connectivity index (χ0n) is 21.2. The Kier molecular flexibility index (Phi) is 8.32. The Hall–Kier alpha value is -4.62. The van der Waals surface area contributed by atoms with Crippen molar-refractivity contribution in [2.24, 2.45) is 0 Å². The first kappa shape index (κ1) is 27.4. The van der Waals surface area contributed by atoms with Crippen LogP contribution < -0.4 is 14.8 Å². The molecule has 13 heteroatoms. The van der Waals surface area contributed by atoms with Gasteiger partial charge in [0.15, 0.2) is 5.69 Å². The molecule has 4 aromatic rings. The van der Waals surface area contributed by atoms with E-state index in [1.54, 1.807) is 56.6 Å². The number of benzene rings is 2. The summed E-state index contributed by atoms with van der Waals surface area (Å²) in [6, 6.07) is 15.7. The van der Waals surface area contributed by atoms with Gasteiger partial charge in [0.2, 0.25) is 15.9 Å². The minimum atomic E-state index is -4.16. The van der Waals surface area contributed by atoms with Gasteiger partial charge in [0.05, 0.1) is 10.6 Å². The maximum atomic E-state index is 13.1. The fourth-order valence-corrected chi connectivity index (χ4v) is 4.93. The highest BCUT2D eigenvalue weighted by Crippen LogP contribution is 2.35. The summed E-state index contributed by atoms with van der Waals surface area (Å²) in [6.07, 6.45) is 3.78. The summed E-state index contributed by atoms with van der Waals surface area (Å²) in [5.41, 5.74) is 1.34. The average molecular weight is 551 g/mol. The van der Waals surface area contributed by atoms with E-state index in [0.29, 0.717) is 17.7 Å². The summed E-state index contributed by atoms with van der Waals surface area (Å²) in [5, 5.41) is 18.7. The zero-order valence-corrected chi connectivity index (χ0v) is 22.0. The minimum absolute atomic E-state index is 0.0631. The van der Waals surface area contributed by atoms with E-state index >= 15 is 0 Å². The summed E-state index contributed by atoms with van der Waals surface area (Å²) in [6.45, 7) is 3.76. The maximum absolute atomic E-state index is 13.1. The van der Waals surface area contributed by atoms with Gasteiger partial charge in [-0.25, -0.2) is 13.1 Å². The van der Waals surface area contributed by atoms with Gasteiger partial charge in [0, 0.05) is 43.2 Å². The van der Waals surface area contributed by atoms with Crippen molar-refractivity contribution in [3.8, 4) is 17.3 Å². The molecule has 0 unspecified atom stereocenters. The van der Waals surface area contributed by atoms with Crippen LogP contribution in [0.15, 0.2) is 78.0 Å². The van der Waals surface area contributed by atoms with Gasteiger partial charge in [-0.15, -0.1) is 0 Å². The summed E-state index contributed by atoms with van der Waals surface area (Å²) >= 11 is 0. The molecule has 12 nitrogen and oxygen atoms in total. The molecule has 1 amide bonds. The number of carbonyl (C=O) groups is 1. The SMILES string of the molecule is CCCNS(=O)(=O)c1cc([N+](=O)[O-])ccc1Oc1c(C)c(C(=O)NCc2cccnc2)nn1-c1ccccc1. The van der Waals surface area contributed by atoms with E-state index in [4.69, 9.17) is 4.74 Å². The van der Waals surface area contributed by atoms with Crippen LogP contribution >= 0.6 is 0 Å². The number of pyridine rings is 1. The highest BCUT2D eigenvalue weighted by molar-refractivity contribution is 7.89. The molecule has 0 radical (unpaired) electrons. The second-order valence-electron chi connectivity index (χ2n) is 8.46. The van der Waals surface area contributed by atoms with Crippen LogP contribution in [0.4, 0.5) is 5.69 Å². The van der Waals surface area contributed by atoms with Gasteiger partial charge in [-0.2, -0.15) is 9.78 Å². The van der Waals surface area contributed by atoms with Crippen molar-refractivity contribution < 1.29 is 22.9 Å². The lowest BCUT2D eigenvalue weighted by Gasteiger charge is -2.14. The molecule has 0 aliphatic rings. The Labute approximate surface area is 224 Å². The molecule has 2 aromatic carbocycles. The van der Waals surface area contributed by atoms with Gasteiger partial charge < -0.3 is 10.1 Å². The number of para-hydroxylation sites is 1. The molecule has 2 aromatic heterocycles. The molecular formula is C26H26N6O6S. The number of ether oxygens (including phenoxy) is 1. The van der Waals surface area contributed by atoms with Crippen molar-refractivity contribution in [2.75, 3.05) is 6.54 Å². The van der Waals surface area contributed by atoms with Gasteiger partial charge in [-0.1, -0.05) is 31.2 Å². The van der Waals surface area contributed by atoms with Crippen LogP contribution in [0.2, 0.25) is 0 Å². The van der Waals surface area contributed by atoms with Gasteiger partial charge in [-0.05, 0) is 43.2 Å². The number of hydrogen-bond donors (Lipinski definition) is 2. The van der Waals surface area contributed by atoms with Crippen molar-refractivity contribution in [2.45, 2.75) is 31.7 Å². The third-order valence-electron chi connectivity index (χ3n) is 5.64. The van der Waals surface area contributed by atoms with Crippen LogP contribution in [-0.4, -0.2) is 40.6 Å². The molecule has 0 atom stereocenters. The summed E-state index contributed by atoms with van der Waals surface area (Å²) in [5.74, 6) is -0.558. The first-order valence-corrected chi connectivity index (χ1v) is 13.5. The van der Waals surface area contributed by atoms with Crippen LogP contribution in [0.5, 0.6) is 11.6 Å². The molecule has 0 spiro atoms. The van der Waals surface area contributed by atoms with E-state index in [0.717, 1.165) is 17.7 Å². The molecule has 0 bridgehead atoms. The number of sulfonamides is 1. The monoisotopic (exact) mass is 550 g/mol. The molecule has 2 heterocycles. The van der Waals surface area contributed by atoms with E-state index < -0.39 is 31.4 Å². The average Bonchev–Trinajstić information content (AvgIpc) is 3.27. The van der Waals surface area contributed by atoms with Gasteiger partial charge in [0.25, 0.3) is 11.6 Å². The fourth-order valence-electron chi connectivity index (χ4n) is 3.65. The smallest absolute Gasteiger partial charge is 0.272 e. The largest absolute Gasteiger partial charge is 0.437 e. The number of carbonyl (C=O) groups excluding carboxylic acids is 1. The normalized spacial score (nSPS) is 11.2. The van der Waals surface area contributed by atoms with Crippen LogP contribution in [-0.2, 0) is 16.6 Å². The Morgan fingerprint density at radius 2 is 1.90 bits per heavy atom. The second kappa shape index (κ2) is 11.8. The van der Waals surface area contributed by atoms with Crippen LogP contribution in [0.3, 0.4) is 0 Å². The van der Waals surface area contributed by atoms with Gasteiger partial charge >= 0.3 is 0 Å². The van der Waals surface area contributed by atoms with Crippen LogP contribution in [0, 0.1) is 17.0 Å². The first-order chi connectivity index (χ1) is 18.7. The number of non-ortho nitro benzene ring substituents is 1. The number of nitrogens with one attached hydrogen (secondary N) is 2. The van der Waals surface area contributed by atoms with E-state index in [9.17, 15) is 23.3 Å². The molecule has 0 aliphatic heterocycles. The molecule has 2 N–H and O–H groups in total. The molecular weight excluding hydrogens is 524 g/mol. The molecule has 0 saturated carbocycles. The third kappa shape index (κ3) is 6.27. The third-order valence-corrected chi connectivity index (χ3v) is 7.12. The molecule has 202 valence electrons. The Bertz CT molecular complexity index is 1590. The number of nitrogens with zero attached hydrogens (tertiary/aromatic N) is 4. The Morgan fingerprint density at radius 1 is 1.13 bits per heavy atom. The van der Waals surface area contributed by atoms with Crippen molar-refractivity contribution in [3.63, 3.8) is 0 Å². The van der Waals surface area contributed by atoms with E-state index in [2.05, 4.69) is 20.1 Å². The van der Waals surface area contributed by atoms with Crippen molar-refractivity contribution in [3.05, 3.63) is 100.0 Å². The first-order valence-electron chi connectivity index (χ1n) is 12.0. The Morgan fingerprint density at radius 3 is 2.56 bits per heavy atom. The zero-order chi connectivity index (χ0) is 28.0. The molecule has 0 fully saturated rings. The summed E-state index contributed by atoms with van der Waals surface area (Å²) in [4.78, 5) is 27.4. The maximum Gasteiger partial charge on any atom is 0.272 e. The predicted octanol–water partition coefficient (Wildman–Crippen LogP) is 3.89. The molecule has 0 saturated heterocycles. The summed E-state index contributed by atoms with van der Waals surface area (Å²) < 4.78 is 36.0.